The Bertz CT molecular complexity index is 528. The van der Waals surface area contributed by atoms with E-state index in [0.29, 0.717) is 13.1 Å². The smallest absolute Gasteiger partial charge is 0.276 e. The van der Waals surface area contributed by atoms with Gasteiger partial charge in [0.25, 0.3) is 10.2 Å². The molecule has 1 aromatic rings. The van der Waals surface area contributed by atoms with Crippen LogP contribution in [0.5, 0.6) is 0 Å². The summed E-state index contributed by atoms with van der Waals surface area (Å²) in [7, 11) is -3.38. The molecule has 6 heteroatoms. The van der Waals surface area contributed by atoms with E-state index in [4.69, 9.17) is 0 Å². The van der Waals surface area contributed by atoms with E-state index in [2.05, 4.69) is 26.5 Å². The molecule has 1 aliphatic rings. The minimum atomic E-state index is -3.38. The molecule has 1 atom stereocenters. The second kappa shape index (κ2) is 8.62. The third-order valence-electron chi connectivity index (χ3n) is 4.06. The molecule has 1 aromatic carbocycles. The molecule has 1 fully saturated rings. The first-order chi connectivity index (χ1) is 10.6. The Labute approximate surface area is 134 Å². The second-order valence-corrected chi connectivity index (χ2v) is 7.37. The Balaban J connectivity index is 2.01. The molecule has 1 saturated heterocycles. The molecule has 5 nitrogen and oxygen atoms in total. The van der Waals surface area contributed by atoms with Crippen LogP contribution in [0.3, 0.4) is 0 Å². The van der Waals surface area contributed by atoms with Crippen LogP contribution < -0.4 is 9.44 Å². The maximum absolute atomic E-state index is 11.8. The van der Waals surface area contributed by atoms with Crippen LogP contribution in [0.4, 0.5) is 0 Å². The topological polar surface area (TPSA) is 61.4 Å². The zero-order valence-electron chi connectivity index (χ0n) is 13.3. The van der Waals surface area contributed by atoms with Gasteiger partial charge in [-0.2, -0.15) is 8.42 Å². The summed E-state index contributed by atoms with van der Waals surface area (Å²) in [6, 6.07) is 10.5. The summed E-state index contributed by atoms with van der Waals surface area (Å²) in [5.74, 6) is 0. The summed E-state index contributed by atoms with van der Waals surface area (Å²) in [5, 5.41) is 0. The monoisotopic (exact) mass is 325 g/mol. The van der Waals surface area contributed by atoms with Crippen LogP contribution in [0.1, 0.15) is 31.7 Å². The molecule has 2 rings (SSSR count). The molecular formula is C16H27N3O2S. The fourth-order valence-corrected chi connectivity index (χ4v) is 3.84. The highest BCUT2D eigenvalue weighted by atomic mass is 32.2. The van der Waals surface area contributed by atoms with Gasteiger partial charge >= 0.3 is 0 Å². The molecule has 1 aliphatic heterocycles. The highest BCUT2D eigenvalue weighted by Crippen LogP contribution is 2.15. The summed E-state index contributed by atoms with van der Waals surface area (Å²) >= 11 is 0. The van der Waals surface area contributed by atoms with E-state index in [-0.39, 0.29) is 6.04 Å². The Kier molecular flexibility index (Phi) is 6.82. The van der Waals surface area contributed by atoms with Crippen molar-refractivity contribution in [3.8, 4) is 0 Å². The van der Waals surface area contributed by atoms with Gasteiger partial charge in [-0.25, -0.2) is 9.44 Å². The molecule has 0 bridgehead atoms. The standard InChI is InChI=1S/C16H27N3O2S/c1-2-17-22(20,21)18-14-16(19-11-7-4-8-12-19)13-15-9-5-3-6-10-15/h3,5-6,9-10,16-18H,2,4,7-8,11-14H2,1H3. The van der Waals surface area contributed by atoms with Gasteiger partial charge in [-0.15, -0.1) is 0 Å². The van der Waals surface area contributed by atoms with Gasteiger partial charge in [0.15, 0.2) is 0 Å². The third-order valence-corrected chi connectivity index (χ3v) is 5.28. The maximum Gasteiger partial charge on any atom is 0.276 e. The lowest BCUT2D eigenvalue weighted by Crippen LogP contribution is -2.49. The zero-order chi connectivity index (χ0) is 15.8. The molecule has 0 aromatic heterocycles. The minimum absolute atomic E-state index is 0.205. The number of hydrogen-bond donors (Lipinski definition) is 2. The third kappa shape index (κ3) is 5.68. The van der Waals surface area contributed by atoms with Crippen LogP contribution in [-0.4, -0.2) is 45.5 Å². The number of rotatable bonds is 8. The summed E-state index contributed by atoms with van der Waals surface area (Å²) < 4.78 is 28.8. The first-order valence-corrected chi connectivity index (χ1v) is 9.61. The Hall–Kier alpha value is -0.950. The van der Waals surface area contributed by atoms with Gasteiger partial charge in [-0.1, -0.05) is 43.7 Å². The van der Waals surface area contributed by atoms with E-state index in [0.717, 1.165) is 19.5 Å². The average molecular weight is 325 g/mol. The number of piperidine rings is 1. The lowest BCUT2D eigenvalue weighted by Gasteiger charge is -2.34. The molecule has 0 radical (unpaired) electrons. The molecule has 0 saturated carbocycles. The second-order valence-electron chi connectivity index (χ2n) is 5.79. The maximum atomic E-state index is 11.8. The van der Waals surface area contributed by atoms with Crippen molar-refractivity contribution in [1.82, 2.24) is 14.3 Å². The van der Waals surface area contributed by atoms with Gasteiger partial charge in [-0.05, 0) is 37.9 Å². The van der Waals surface area contributed by atoms with Gasteiger partial charge < -0.3 is 0 Å². The quantitative estimate of drug-likeness (QED) is 0.762. The average Bonchev–Trinajstić information content (AvgIpc) is 2.53. The van der Waals surface area contributed by atoms with Gasteiger partial charge in [0.1, 0.15) is 0 Å². The molecule has 0 amide bonds. The van der Waals surface area contributed by atoms with Crippen LogP contribution >= 0.6 is 0 Å². The van der Waals surface area contributed by atoms with Crippen LogP contribution in [0.2, 0.25) is 0 Å². The number of likely N-dealkylation sites (tertiary alicyclic amines) is 1. The first kappa shape index (κ1) is 17.4. The highest BCUT2D eigenvalue weighted by molar-refractivity contribution is 7.87. The normalized spacial score (nSPS) is 18.2. The van der Waals surface area contributed by atoms with Gasteiger partial charge in [0, 0.05) is 19.1 Å². The van der Waals surface area contributed by atoms with Gasteiger partial charge in [0.05, 0.1) is 0 Å². The molecule has 2 N–H and O–H groups in total. The van der Waals surface area contributed by atoms with Gasteiger partial charge in [-0.3, -0.25) is 4.90 Å². The molecular weight excluding hydrogens is 298 g/mol. The van der Waals surface area contributed by atoms with E-state index < -0.39 is 10.2 Å². The zero-order valence-corrected chi connectivity index (χ0v) is 14.1. The molecule has 22 heavy (non-hydrogen) atoms. The Morgan fingerprint density at radius 1 is 1.09 bits per heavy atom. The minimum Gasteiger partial charge on any atom is -0.299 e. The predicted octanol–water partition coefficient (Wildman–Crippen LogP) is 1.53. The fraction of sp³-hybridized carbons (Fsp3) is 0.625. The predicted molar refractivity (Wildman–Crippen MR) is 90.0 cm³/mol. The van der Waals surface area contributed by atoms with Gasteiger partial charge in [0.2, 0.25) is 0 Å². The fourth-order valence-electron chi connectivity index (χ4n) is 2.95. The van der Waals surface area contributed by atoms with E-state index in [9.17, 15) is 8.42 Å². The summed E-state index contributed by atoms with van der Waals surface area (Å²) in [6.45, 7) is 4.75. The Morgan fingerprint density at radius 3 is 2.41 bits per heavy atom. The van der Waals surface area contributed by atoms with Crippen LogP contribution in [0, 0.1) is 0 Å². The van der Waals surface area contributed by atoms with Crippen molar-refractivity contribution in [2.24, 2.45) is 0 Å². The molecule has 0 spiro atoms. The van der Waals surface area contributed by atoms with E-state index in [1.165, 1.54) is 24.8 Å². The number of nitrogens with one attached hydrogen (secondary N) is 2. The number of hydrogen-bond acceptors (Lipinski definition) is 3. The Morgan fingerprint density at radius 2 is 1.77 bits per heavy atom. The van der Waals surface area contributed by atoms with Crippen molar-refractivity contribution < 1.29 is 8.42 Å². The van der Waals surface area contributed by atoms with Crippen LogP contribution in [0.15, 0.2) is 30.3 Å². The molecule has 124 valence electrons. The van der Waals surface area contributed by atoms with Crippen molar-refractivity contribution in [3.63, 3.8) is 0 Å². The molecule has 1 unspecified atom stereocenters. The number of benzene rings is 1. The van der Waals surface area contributed by atoms with Crippen molar-refractivity contribution >= 4 is 10.2 Å². The SMILES string of the molecule is CCNS(=O)(=O)NCC(Cc1ccccc1)N1CCCCC1. The molecule has 0 aliphatic carbocycles. The highest BCUT2D eigenvalue weighted by Gasteiger charge is 2.22. The van der Waals surface area contributed by atoms with Crippen molar-refractivity contribution in [3.05, 3.63) is 35.9 Å². The van der Waals surface area contributed by atoms with Crippen molar-refractivity contribution in [2.45, 2.75) is 38.6 Å². The summed E-state index contributed by atoms with van der Waals surface area (Å²) in [6.07, 6.45) is 4.55. The van der Waals surface area contributed by atoms with E-state index in [1.54, 1.807) is 6.92 Å². The van der Waals surface area contributed by atoms with E-state index >= 15 is 0 Å². The summed E-state index contributed by atoms with van der Waals surface area (Å²) in [5.41, 5.74) is 1.25. The van der Waals surface area contributed by atoms with Crippen LogP contribution in [0.25, 0.3) is 0 Å². The lowest BCUT2D eigenvalue weighted by molar-refractivity contribution is 0.163. The lowest BCUT2D eigenvalue weighted by atomic mass is 10.0. The largest absolute Gasteiger partial charge is 0.299 e. The van der Waals surface area contributed by atoms with E-state index in [1.807, 2.05) is 18.2 Å². The first-order valence-electron chi connectivity index (χ1n) is 8.13. The van der Waals surface area contributed by atoms with Crippen molar-refractivity contribution in [2.75, 3.05) is 26.2 Å². The molecule has 1 heterocycles. The summed E-state index contributed by atoms with van der Waals surface area (Å²) in [4.78, 5) is 2.42. The number of nitrogens with zero attached hydrogens (tertiary/aromatic N) is 1. The van der Waals surface area contributed by atoms with Crippen molar-refractivity contribution in [1.29, 1.82) is 0 Å². The van der Waals surface area contributed by atoms with Crippen LogP contribution in [-0.2, 0) is 16.6 Å².